The molecule has 3 heteroatoms. The third kappa shape index (κ3) is 3.19. The minimum Gasteiger partial charge on any atom is -0.374 e. The fourth-order valence-electron chi connectivity index (χ4n) is 2.05. The van der Waals surface area contributed by atoms with Crippen LogP contribution in [0.2, 0.25) is 0 Å². The number of aliphatic imine (C=N–C) groups is 1. The van der Waals surface area contributed by atoms with Crippen molar-refractivity contribution in [3.63, 3.8) is 0 Å². The van der Waals surface area contributed by atoms with Crippen LogP contribution in [0.25, 0.3) is 0 Å². The molecule has 1 fully saturated rings. The molecule has 2 aliphatic rings. The van der Waals surface area contributed by atoms with Gasteiger partial charge in [0.25, 0.3) is 0 Å². The highest BCUT2D eigenvalue weighted by atomic mass is 32.2. The summed E-state index contributed by atoms with van der Waals surface area (Å²) in [5.41, 5.74) is 0. The van der Waals surface area contributed by atoms with Gasteiger partial charge in [-0.25, -0.2) is 0 Å². The minimum atomic E-state index is 0.904. The average molecular weight is 212 g/mol. The van der Waals surface area contributed by atoms with Crippen LogP contribution in [0.5, 0.6) is 0 Å². The predicted molar refractivity (Wildman–Crippen MR) is 64.2 cm³/mol. The van der Waals surface area contributed by atoms with Crippen molar-refractivity contribution in [3.8, 4) is 0 Å². The molecule has 0 atom stereocenters. The summed E-state index contributed by atoms with van der Waals surface area (Å²) in [4.78, 5) is 4.51. The molecule has 1 saturated heterocycles. The van der Waals surface area contributed by atoms with Gasteiger partial charge in [0.05, 0.1) is 5.84 Å². The Labute approximate surface area is 90.9 Å². The van der Waals surface area contributed by atoms with Gasteiger partial charge in [-0.15, -0.1) is 0 Å². The van der Waals surface area contributed by atoms with Crippen LogP contribution in [-0.2, 0) is 0 Å². The molecule has 0 aromatic carbocycles. The van der Waals surface area contributed by atoms with Gasteiger partial charge in [-0.3, -0.25) is 4.99 Å². The molecule has 0 radical (unpaired) electrons. The molecule has 2 aliphatic heterocycles. The Balaban J connectivity index is 1.67. The van der Waals surface area contributed by atoms with Gasteiger partial charge >= 0.3 is 0 Å². The van der Waals surface area contributed by atoms with Crippen molar-refractivity contribution in [2.45, 2.75) is 32.1 Å². The lowest BCUT2D eigenvalue weighted by Gasteiger charge is -2.23. The molecule has 14 heavy (non-hydrogen) atoms. The zero-order valence-corrected chi connectivity index (χ0v) is 9.61. The average Bonchev–Trinajstić information content (AvgIpc) is 2.29. The van der Waals surface area contributed by atoms with E-state index in [1.807, 2.05) is 0 Å². The van der Waals surface area contributed by atoms with Crippen molar-refractivity contribution in [1.82, 2.24) is 5.32 Å². The first kappa shape index (κ1) is 10.3. The van der Waals surface area contributed by atoms with Gasteiger partial charge in [0.2, 0.25) is 0 Å². The molecular weight excluding hydrogens is 192 g/mol. The van der Waals surface area contributed by atoms with Gasteiger partial charge < -0.3 is 5.32 Å². The first-order valence-corrected chi connectivity index (χ1v) is 6.95. The van der Waals surface area contributed by atoms with Crippen LogP contribution in [0.15, 0.2) is 4.99 Å². The van der Waals surface area contributed by atoms with E-state index in [9.17, 15) is 0 Å². The van der Waals surface area contributed by atoms with Crippen molar-refractivity contribution in [2.75, 3.05) is 24.6 Å². The molecule has 2 rings (SSSR count). The monoisotopic (exact) mass is 212 g/mol. The summed E-state index contributed by atoms with van der Waals surface area (Å²) in [6, 6.07) is 0. The number of hydrogen-bond acceptors (Lipinski definition) is 3. The van der Waals surface area contributed by atoms with Gasteiger partial charge in [-0.2, -0.15) is 11.8 Å². The standard InChI is InChI=1S/C11H20N2S/c1-2-6-12-11(3-1)13-9-10-4-7-14-8-5-10/h10H,1-9H2,(H,12,13). The zero-order valence-electron chi connectivity index (χ0n) is 8.80. The van der Waals surface area contributed by atoms with Crippen LogP contribution in [0.1, 0.15) is 32.1 Å². The Hall–Kier alpha value is -0.180. The fraction of sp³-hybridized carbons (Fsp3) is 0.909. The molecule has 1 N–H and O–H groups in total. The lowest BCUT2D eigenvalue weighted by atomic mass is 10.0. The summed E-state index contributed by atoms with van der Waals surface area (Å²) < 4.78 is 0. The molecule has 2 heterocycles. The molecule has 2 nitrogen and oxygen atoms in total. The number of thioether (sulfide) groups is 1. The van der Waals surface area contributed by atoms with Crippen molar-refractivity contribution in [2.24, 2.45) is 10.9 Å². The zero-order chi connectivity index (χ0) is 9.64. The highest BCUT2D eigenvalue weighted by Crippen LogP contribution is 2.21. The van der Waals surface area contributed by atoms with E-state index in [0.29, 0.717) is 0 Å². The first-order chi connectivity index (χ1) is 6.95. The van der Waals surface area contributed by atoms with Gasteiger partial charge in [0.1, 0.15) is 0 Å². The molecule has 0 bridgehead atoms. The maximum absolute atomic E-state index is 4.51. The van der Waals surface area contributed by atoms with Crippen molar-refractivity contribution in [1.29, 1.82) is 0 Å². The SMILES string of the molecule is C1CCC(NCC2CCSCC2)=NC1. The highest BCUT2D eigenvalue weighted by molar-refractivity contribution is 7.99. The largest absolute Gasteiger partial charge is 0.374 e. The Kier molecular flexibility index (Phi) is 4.17. The summed E-state index contributed by atoms with van der Waals surface area (Å²) in [6.45, 7) is 2.21. The second-order valence-electron chi connectivity index (χ2n) is 4.22. The predicted octanol–water partition coefficient (Wildman–Crippen LogP) is 2.30. The van der Waals surface area contributed by atoms with Crippen LogP contribution in [0.3, 0.4) is 0 Å². The highest BCUT2D eigenvalue weighted by Gasteiger charge is 2.14. The first-order valence-electron chi connectivity index (χ1n) is 5.80. The summed E-state index contributed by atoms with van der Waals surface area (Å²) in [5, 5.41) is 3.53. The second kappa shape index (κ2) is 5.64. The van der Waals surface area contributed by atoms with E-state index in [0.717, 1.165) is 12.5 Å². The molecule has 0 aliphatic carbocycles. The minimum absolute atomic E-state index is 0.904. The Morgan fingerprint density at radius 2 is 2.14 bits per heavy atom. The van der Waals surface area contributed by atoms with Gasteiger partial charge in [0, 0.05) is 19.5 Å². The summed E-state index contributed by atoms with van der Waals surface area (Å²) >= 11 is 2.10. The Morgan fingerprint density at radius 3 is 2.86 bits per heavy atom. The second-order valence-corrected chi connectivity index (χ2v) is 5.45. The number of amidine groups is 1. The van der Waals surface area contributed by atoms with E-state index in [4.69, 9.17) is 0 Å². The third-order valence-corrected chi connectivity index (χ3v) is 4.11. The normalized spacial score (nSPS) is 24.4. The lowest BCUT2D eigenvalue weighted by molar-refractivity contribution is 0.478. The topological polar surface area (TPSA) is 24.4 Å². The molecule has 0 saturated carbocycles. The molecule has 0 unspecified atom stereocenters. The molecular formula is C11H20N2S. The van der Waals surface area contributed by atoms with Crippen LogP contribution in [0.4, 0.5) is 0 Å². The van der Waals surface area contributed by atoms with Crippen molar-refractivity contribution < 1.29 is 0 Å². The Morgan fingerprint density at radius 1 is 1.29 bits per heavy atom. The van der Waals surface area contributed by atoms with E-state index >= 15 is 0 Å². The van der Waals surface area contributed by atoms with E-state index in [-0.39, 0.29) is 0 Å². The molecule has 0 aromatic heterocycles. The maximum atomic E-state index is 4.51. The third-order valence-electron chi connectivity index (χ3n) is 3.06. The van der Waals surface area contributed by atoms with E-state index < -0.39 is 0 Å². The number of hydrogen-bond donors (Lipinski definition) is 1. The van der Waals surface area contributed by atoms with Crippen molar-refractivity contribution in [3.05, 3.63) is 0 Å². The van der Waals surface area contributed by atoms with E-state index in [1.165, 1.54) is 56.0 Å². The van der Waals surface area contributed by atoms with Crippen LogP contribution < -0.4 is 5.32 Å². The van der Waals surface area contributed by atoms with E-state index in [2.05, 4.69) is 22.1 Å². The summed E-state index contributed by atoms with van der Waals surface area (Å²) in [6.07, 6.45) is 6.58. The van der Waals surface area contributed by atoms with Gasteiger partial charge in [-0.1, -0.05) is 0 Å². The maximum Gasteiger partial charge on any atom is 0.0963 e. The number of nitrogens with one attached hydrogen (secondary N) is 1. The van der Waals surface area contributed by atoms with Gasteiger partial charge in [0.15, 0.2) is 0 Å². The molecule has 0 spiro atoms. The van der Waals surface area contributed by atoms with Crippen LogP contribution in [-0.4, -0.2) is 30.4 Å². The quantitative estimate of drug-likeness (QED) is 0.759. The number of nitrogens with zero attached hydrogens (tertiary/aromatic N) is 1. The van der Waals surface area contributed by atoms with Gasteiger partial charge in [-0.05, 0) is 43.1 Å². The van der Waals surface area contributed by atoms with E-state index in [1.54, 1.807) is 0 Å². The molecule has 80 valence electrons. The summed E-state index contributed by atoms with van der Waals surface area (Å²) in [7, 11) is 0. The Bertz CT molecular complexity index is 197. The molecule has 0 aromatic rings. The van der Waals surface area contributed by atoms with Crippen molar-refractivity contribution >= 4 is 17.6 Å². The van der Waals surface area contributed by atoms with Crippen LogP contribution in [0, 0.1) is 5.92 Å². The molecule has 0 amide bonds. The summed E-state index contributed by atoms with van der Waals surface area (Å²) in [5.74, 6) is 4.90. The van der Waals surface area contributed by atoms with Crippen LogP contribution >= 0.6 is 11.8 Å². The number of rotatable bonds is 2. The smallest absolute Gasteiger partial charge is 0.0963 e. The lowest BCUT2D eigenvalue weighted by Crippen LogP contribution is -2.32. The fourth-order valence-corrected chi connectivity index (χ4v) is 3.26.